The fourth-order valence-electron chi connectivity index (χ4n) is 3.01. The molecule has 0 amide bonds. The predicted molar refractivity (Wildman–Crippen MR) is 83.5 cm³/mol. The molecule has 0 spiro atoms. The van der Waals surface area contributed by atoms with Gasteiger partial charge in [0.05, 0.1) is 5.92 Å². The van der Waals surface area contributed by atoms with E-state index in [1.54, 1.807) is 24.0 Å². The lowest BCUT2D eigenvalue weighted by Gasteiger charge is -2.35. The van der Waals surface area contributed by atoms with Crippen LogP contribution >= 0.6 is 0 Å². The Kier molecular flexibility index (Phi) is 6.78. The number of nitrogens with one attached hydrogen (secondary N) is 3. The quantitative estimate of drug-likeness (QED) is 0.743. The molecule has 1 heterocycles. The van der Waals surface area contributed by atoms with E-state index in [9.17, 15) is 13.2 Å². The van der Waals surface area contributed by atoms with Gasteiger partial charge >= 0.3 is 6.18 Å². The molecule has 5 nitrogen and oxygen atoms in total. The SMILES string of the molecule is C=N.CNc1nccn(CC2CC(C(F)(F)F)CCC2C)c1=N. The van der Waals surface area contributed by atoms with Crippen molar-refractivity contribution in [2.75, 3.05) is 12.4 Å². The van der Waals surface area contributed by atoms with Gasteiger partial charge in [-0.25, -0.2) is 4.98 Å². The average Bonchev–Trinajstić information content (AvgIpc) is 2.52. The molecule has 1 aromatic heterocycles. The summed E-state index contributed by atoms with van der Waals surface area (Å²) in [5.74, 6) is -0.597. The molecule has 0 saturated heterocycles. The Morgan fingerprint density at radius 2 is 2.04 bits per heavy atom. The van der Waals surface area contributed by atoms with Crippen molar-refractivity contribution < 1.29 is 13.2 Å². The van der Waals surface area contributed by atoms with Crippen molar-refractivity contribution in [2.24, 2.45) is 17.8 Å². The Morgan fingerprint density at radius 3 is 2.61 bits per heavy atom. The zero-order valence-corrected chi connectivity index (χ0v) is 13.5. The van der Waals surface area contributed by atoms with Crippen LogP contribution in [0, 0.1) is 28.6 Å². The predicted octanol–water partition coefficient (Wildman–Crippen LogP) is 3.28. The minimum absolute atomic E-state index is 0.0634. The van der Waals surface area contributed by atoms with Gasteiger partial charge in [-0.3, -0.25) is 5.41 Å². The second-order valence-corrected chi connectivity index (χ2v) is 5.82. The summed E-state index contributed by atoms with van der Waals surface area (Å²) in [5.41, 5.74) is 0.210. The van der Waals surface area contributed by atoms with Gasteiger partial charge in [0.15, 0.2) is 11.3 Å². The number of rotatable bonds is 3. The van der Waals surface area contributed by atoms with Gasteiger partial charge in [0.25, 0.3) is 0 Å². The summed E-state index contributed by atoms with van der Waals surface area (Å²) in [7, 11) is 1.67. The van der Waals surface area contributed by atoms with E-state index in [4.69, 9.17) is 10.8 Å². The topological polar surface area (TPSA) is 77.6 Å². The van der Waals surface area contributed by atoms with Crippen molar-refractivity contribution in [1.82, 2.24) is 9.55 Å². The summed E-state index contributed by atoms with van der Waals surface area (Å²) < 4.78 is 40.4. The molecule has 3 unspecified atom stereocenters. The van der Waals surface area contributed by atoms with Gasteiger partial charge in [0, 0.05) is 26.0 Å². The highest BCUT2D eigenvalue weighted by Crippen LogP contribution is 2.42. The summed E-state index contributed by atoms with van der Waals surface area (Å²) >= 11 is 0. The smallest absolute Gasteiger partial charge is 0.370 e. The Labute approximate surface area is 134 Å². The molecule has 1 aliphatic carbocycles. The minimum Gasteiger partial charge on any atom is -0.370 e. The molecule has 130 valence electrons. The summed E-state index contributed by atoms with van der Waals surface area (Å²) in [6.07, 6.45) is 0.0750. The standard InChI is InChI=1S/C14H21F3N4.CH3N/c1-9-3-4-11(14(15,16)17)7-10(9)8-21-6-5-20-13(19-2)12(21)18;1-2/h5-6,9-11,18H,3-4,7-8H2,1-2H3,(H,19,20);2H,1H2. The van der Waals surface area contributed by atoms with Crippen molar-refractivity contribution in [3.8, 4) is 0 Å². The Bertz CT molecular complexity index is 555. The number of aromatic nitrogens is 2. The summed E-state index contributed by atoms with van der Waals surface area (Å²) in [5, 5.41) is 16.3. The van der Waals surface area contributed by atoms with Gasteiger partial charge in [-0.1, -0.05) is 6.92 Å². The molecule has 3 atom stereocenters. The van der Waals surface area contributed by atoms with Crippen LogP contribution in [0.4, 0.5) is 19.0 Å². The fourth-order valence-corrected chi connectivity index (χ4v) is 3.01. The first-order valence-electron chi connectivity index (χ1n) is 7.52. The van der Waals surface area contributed by atoms with Crippen LogP contribution in [0.25, 0.3) is 0 Å². The molecule has 0 aromatic carbocycles. The third-order valence-corrected chi connectivity index (χ3v) is 4.46. The fraction of sp³-hybridized carbons (Fsp3) is 0.667. The van der Waals surface area contributed by atoms with Gasteiger partial charge in [0.1, 0.15) is 0 Å². The molecule has 1 fully saturated rings. The number of nitrogens with zero attached hydrogens (tertiary/aromatic N) is 2. The van der Waals surface area contributed by atoms with Crippen LogP contribution < -0.4 is 10.8 Å². The molecule has 0 bridgehead atoms. The number of hydrogen-bond donors (Lipinski definition) is 3. The van der Waals surface area contributed by atoms with Gasteiger partial charge in [-0.05, 0) is 37.8 Å². The van der Waals surface area contributed by atoms with Crippen LogP contribution in [0.2, 0.25) is 0 Å². The number of alkyl halides is 3. The van der Waals surface area contributed by atoms with E-state index in [0.29, 0.717) is 18.8 Å². The van der Waals surface area contributed by atoms with Crippen molar-refractivity contribution >= 4 is 12.5 Å². The highest BCUT2D eigenvalue weighted by Gasteiger charge is 2.43. The zero-order chi connectivity index (χ0) is 17.6. The third kappa shape index (κ3) is 4.80. The lowest BCUT2D eigenvalue weighted by molar-refractivity contribution is -0.189. The van der Waals surface area contributed by atoms with Crippen molar-refractivity contribution in [2.45, 2.75) is 38.9 Å². The number of halogens is 3. The van der Waals surface area contributed by atoms with Gasteiger partial charge in [-0.15, -0.1) is 0 Å². The second-order valence-electron chi connectivity index (χ2n) is 5.82. The third-order valence-electron chi connectivity index (χ3n) is 4.46. The molecule has 1 aromatic rings. The summed E-state index contributed by atoms with van der Waals surface area (Å²) in [6, 6.07) is 0. The maximum Gasteiger partial charge on any atom is 0.391 e. The van der Waals surface area contributed by atoms with E-state index in [1.165, 1.54) is 0 Å². The van der Waals surface area contributed by atoms with Crippen LogP contribution in [0.1, 0.15) is 26.2 Å². The summed E-state index contributed by atoms with van der Waals surface area (Å²) in [4.78, 5) is 4.02. The minimum atomic E-state index is -4.11. The van der Waals surface area contributed by atoms with Crippen molar-refractivity contribution in [3.05, 3.63) is 17.9 Å². The molecule has 0 aliphatic heterocycles. The van der Waals surface area contributed by atoms with E-state index >= 15 is 0 Å². The largest absolute Gasteiger partial charge is 0.391 e. The van der Waals surface area contributed by atoms with Gasteiger partial charge in [0.2, 0.25) is 0 Å². The van der Waals surface area contributed by atoms with Crippen LogP contribution in [-0.4, -0.2) is 29.5 Å². The number of anilines is 1. The van der Waals surface area contributed by atoms with Crippen LogP contribution in [-0.2, 0) is 6.54 Å². The molecule has 2 rings (SSSR count). The molecule has 3 N–H and O–H groups in total. The van der Waals surface area contributed by atoms with Gasteiger partial charge < -0.3 is 15.3 Å². The maximum atomic E-state index is 12.9. The Hall–Kier alpha value is -1.86. The first kappa shape index (κ1) is 19.2. The normalized spacial score (nSPS) is 24.5. The highest BCUT2D eigenvalue weighted by atomic mass is 19.4. The van der Waals surface area contributed by atoms with Crippen LogP contribution in [0.3, 0.4) is 0 Å². The Morgan fingerprint density at radius 1 is 1.39 bits per heavy atom. The average molecular weight is 331 g/mol. The second kappa shape index (κ2) is 8.12. The summed E-state index contributed by atoms with van der Waals surface area (Å²) in [6.45, 7) is 4.94. The molecule has 0 radical (unpaired) electrons. The molecule has 1 aliphatic rings. The highest BCUT2D eigenvalue weighted by molar-refractivity contribution is 5.27. The maximum absolute atomic E-state index is 12.9. The first-order valence-corrected chi connectivity index (χ1v) is 7.52. The van der Waals surface area contributed by atoms with E-state index in [0.717, 1.165) is 0 Å². The molecular formula is C15H24F3N5. The molecule has 8 heteroatoms. The van der Waals surface area contributed by atoms with Crippen molar-refractivity contribution in [1.29, 1.82) is 10.8 Å². The molecule has 1 saturated carbocycles. The van der Waals surface area contributed by atoms with E-state index < -0.39 is 12.1 Å². The van der Waals surface area contributed by atoms with Crippen LogP contribution in [0.5, 0.6) is 0 Å². The number of hydrogen-bond acceptors (Lipinski definition) is 4. The lowest BCUT2D eigenvalue weighted by Crippen LogP contribution is -2.36. The van der Waals surface area contributed by atoms with Gasteiger partial charge in [-0.2, -0.15) is 13.2 Å². The molecule has 23 heavy (non-hydrogen) atoms. The molecular weight excluding hydrogens is 307 g/mol. The monoisotopic (exact) mass is 331 g/mol. The zero-order valence-electron chi connectivity index (χ0n) is 13.5. The van der Waals surface area contributed by atoms with Crippen LogP contribution in [0.15, 0.2) is 12.4 Å². The lowest BCUT2D eigenvalue weighted by atomic mass is 9.74. The van der Waals surface area contributed by atoms with E-state index in [-0.39, 0.29) is 30.2 Å². The van der Waals surface area contributed by atoms with Crippen molar-refractivity contribution in [3.63, 3.8) is 0 Å². The van der Waals surface area contributed by atoms with E-state index in [1.807, 2.05) is 6.92 Å². The first-order chi connectivity index (χ1) is 10.8. The van der Waals surface area contributed by atoms with E-state index in [2.05, 4.69) is 17.0 Å². The Balaban J connectivity index is 0.00000127.